The highest BCUT2D eigenvalue weighted by molar-refractivity contribution is 8.14. The van der Waals surface area contributed by atoms with Crippen molar-refractivity contribution in [2.24, 2.45) is 16.0 Å². The van der Waals surface area contributed by atoms with E-state index < -0.39 is 5.72 Å². The fourth-order valence-corrected chi connectivity index (χ4v) is 4.14. The topological polar surface area (TPSA) is 75.1 Å². The molecule has 1 aliphatic rings. The minimum Gasteiger partial charge on any atom is -0.355 e. The maximum absolute atomic E-state index is 12.3. The molecule has 3 rings (SSSR count). The number of carbonyl (C=O) groups is 1. The van der Waals surface area contributed by atoms with E-state index in [4.69, 9.17) is 14.8 Å². The van der Waals surface area contributed by atoms with E-state index >= 15 is 0 Å². The third kappa shape index (κ3) is 6.70. The van der Waals surface area contributed by atoms with Gasteiger partial charge in [0.2, 0.25) is 11.6 Å². The third-order valence-corrected chi connectivity index (χ3v) is 6.33. The number of rotatable bonds is 10. The van der Waals surface area contributed by atoms with Crippen LogP contribution in [0.2, 0.25) is 0 Å². The number of aliphatic imine (C=N–C) groups is 1. The van der Waals surface area contributed by atoms with Crippen molar-refractivity contribution >= 4 is 28.5 Å². The van der Waals surface area contributed by atoms with Gasteiger partial charge in [0, 0.05) is 17.7 Å². The highest BCUT2D eigenvalue weighted by atomic mass is 32.2. The van der Waals surface area contributed by atoms with Crippen LogP contribution in [0.25, 0.3) is 0 Å². The molecule has 1 aliphatic heterocycles. The average Bonchev–Trinajstić information content (AvgIpc) is 2.82. The molecule has 7 heteroatoms. The van der Waals surface area contributed by atoms with E-state index in [2.05, 4.69) is 93.9 Å². The zero-order valence-electron chi connectivity index (χ0n) is 20.9. The molecule has 182 valence electrons. The van der Waals surface area contributed by atoms with Gasteiger partial charge in [-0.25, -0.2) is 4.99 Å². The molecule has 1 amide bonds. The summed E-state index contributed by atoms with van der Waals surface area (Å²) in [5.41, 5.74) is 6.88. The predicted octanol–water partition coefficient (Wildman–Crippen LogP) is 5.14. The van der Waals surface area contributed by atoms with Crippen molar-refractivity contribution < 1.29 is 9.53 Å². The van der Waals surface area contributed by atoms with E-state index in [1.807, 2.05) is 0 Å². The van der Waals surface area contributed by atoms with Crippen LogP contribution < -0.4 is 10.7 Å². The standard InChI is InChI=1S/C27H36N4O2S/c1-6-7-16-33-27(23-14-10-21(5)11-15-23)25(22-12-8-20(4)9-13-22)30-31-26(29-27)34-18-24(32)28-17-19(2)3/h8-15,19H,6-7,16-18H2,1-5H3,(H,28,32)(H,29,31)/t27-/m0/s1. The van der Waals surface area contributed by atoms with Crippen LogP contribution in [-0.4, -0.2) is 35.7 Å². The number of amides is 1. The fourth-order valence-electron chi connectivity index (χ4n) is 3.47. The molecular formula is C27H36N4O2S. The third-order valence-electron chi connectivity index (χ3n) is 5.47. The normalized spacial score (nSPS) is 17.7. The van der Waals surface area contributed by atoms with Crippen molar-refractivity contribution in [3.8, 4) is 0 Å². The Labute approximate surface area is 207 Å². The monoisotopic (exact) mass is 480 g/mol. The number of carbonyl (C=O) groups excluding carboxylic acids is 1. The largest absolute Gasteiger partial charge is 0.355 e. The summed E-state index contributed by atoms with van der Waals surface area (Å²) in [6, 6.07) is 16.5. The van der Waals surface area contributed by atoms with Gasteiger partial charge in [0.25, 0.3) is 0 Å². The average molecular weight is 481 g/mol. The molecule has 0 aromatic heterocycles. The van der Waals surface area contributed by atoms with Crippen LogP contribution in [0, 0.1) is 19.8 Å². The van der Waals surface area contributed by atoms with Crippen LogP contribution >= 0.6 is 11.8 Å². The molecule has 34 heavy (non-hydrogen) atoms. The lowest BCUT2D eigenvalue weighted by atomic mass is 9.91. The lowest BCUT2D eigenvalue weighted by molar-refractivity contribution is -0.118. The maximum atomic E-state index is 12.3. The van der Waals surface area contributed by atoms with Crippen molar-refractivity contribution in [3.63, 3.8) is 0 Å². The molecule has 0 unspecified atom stereocenters. The van der Waals surface area contributed by atoms with Crippen LogP contribution in [0.4, 0.5) is 0 Å². The van der Waals surface area contributed by atoms with Crippen LogP contribution in [0.15, 0.2) is 58.6 Å². The second kappa shape index (κ2) is 12.2. The van der Waals surface area contributed by atoms with Gasteiger partial charge in [0.05, 0.1) is 12.4 Å². The first kappa shape index (κ1) is 26.0. The highest BCUT2D eigenvalue weighted by Crippen LogP contribution is 2.36. The number of benzene rings is 2. The SMILES string of the molecule is CCCCO[C@]1(c2ccc(C)cc2)N=C(SCC(=O)NCC(C)C)NN=C1c1ccc(C)cc1. The predicted molar refractivity (Wildman–Crippen MR) is 142 cm³/mol. The van der Waals surface area contributed by atoms with E-state index in [1.165, 1.54) is 17.3 Å². The quantitative estimate of drug-likeness (QED) is 0.462. The summed E-state index contributed by atoms with van der Waals surface area (Å²) < 4.78 is 6.58. The smallest absolute Gasteiger partial charge is 0.233 e. The summed E-state index contributed by atoms with van der Waals surface area (Å²) in [4.78, 5) is 17.4. The zero-order chi connectivity index (χ0) is 24.6. The highest BCUT2D eigenvalue weighted by Gasteiger charge is 2.42. The minimum atomic E-state index is -1.10. The van der Waals surface area contributed by atoms with Gasteiger partial charge in [-0.15, -0.1) is 0 Å². The Balaban J connectivity index is 1.98. The molecule has 0 saturated carbocycles. The molecule has 0 fully saturated rings. The Morgan fingerprint density at radius 3 is 2.35 bits per heavy atom. The van der Waals surface area contributed by atoms with Crippen molar-refractivity contribution in [3.05, 3.63) is 70.8 Å². The number of hydrazone groups is 1. The summed E-state index contributed by atoms with van der Waals surface area (Å²) in [5, 5.41) is 8.27. The second-order valence-electron chi connectivity index (χ2n) is 9.05. The molecule has 1 heterocycles. The van der Waals surface area contributed by atoms with Gasteiger partial charge < -0.3 is 10.1 Å². The van der Waals surface area contributed by atoms with Crippen LogP contribution in [-0.2, 0) is 15.3 Å². The van der Waals surface area contributed by atoms with Gasteiger partial charge in [-0.2, -0.15) is 5.10 Å². The Bertz CT molecular complexity index is 1020. The molecule has 6 nitrogen and oxygen atoms in total. The Kier molecular flexibility index (Phi) is 9.30. The number of thioether (sulfide) groups is 1. The first-order chi connectivity index (χ1) is 16.3. The zero-order valence-corrected chi connectivity index (χ0v) is 21.7. The van der Waals surface area contributed by atoms with Crippen molar-refractivity contribution in [2.75, 3.05) is 18.9 Å². The van der Waals surface area contributed by atoms with Crippen molar-refractivity contribution in [2.45, 2.75) is 53.2 Å². The summed E-state index contributed by atoms with van der Waals surface area (Å²) in [6.07, 6.45) is 1.93. The Morgan fingerprint density at radius 2 is 1.74 bits per heavy atom. The molecule has 2 aromatic rings. The molecule has 0 aliphatic carbocycles. The van der Waals surface area contributed by atoms with Crippen LogP contribution in [0.1, 0.15) is 55.9 Å². The van der Waals surface area contributed by atoms with Gasteiger partial charge in [0.15, 0.2) is 5.17 Å². The number of hydrogen-bond donors (Lipinski definition) is 2. The van der Waals surface area contributed by atoms with Gasteiger partial charge in [-0.3, -0.25) is 10.2 Å². The fraction of sp³-hybridized carbons (Fsp3) is 0.444. The molecule has 2 aromatic carbocycles. The Morgan fingerprint density at radius 1 is 1.09 bits per heavy atom. The molecule has 0 saturated heterocycles. The van der Waals surface area contributed by atoms with E-state index in [1.54, 1.807) is 0 Å². The molecule has 1 atom stereocenters. The summed E-state index contributed by atoms with van der Waals surface area (Å²) in [6.45, 7) is 11.6. The van der Waals surface area contributed by atoms with E-state index in [0.29, 0.717) is 29.9 Å². The number of hydrogen-bond acceptors (Lipinski definition) is 6. The van der Waals surface area contributed by atoms with E-state index in [9.17, 15) is 4.79 Å². The summed E-state index contributed by atoms with van der Waals surface area (Å²) in [5.74, 6) is 0.638. The summed E-state index contributed by atoms with van der Waals surface area (Å²) >= 11 is 1.34. The Hall–Kier alpha value is -2.64. The maximum Gasteiger partial charge on any atom is 0.233 e. The minimum absolute atomic E-state index is 0.0238. The number of nitrogens with one attached hydrogen (secondary N) is 2. The lowest BCUT2D eigenvalue weighted by Crippen LogP contribution is -2.44. The number of nitrogens with zero attached hydrogens (tertiary/aromatic N) is 2. The second-order valence-corrected chi connectivity index (χ2v) is 10.0. The molecular weight excluding hydrogens is 444 g/mol. The number of ether oxygens (including phenoxy) is 1. The van der Waals surface area contributed by atoms with Crippen LogP contribution in [0.3, 0.4) is 0 Å². The first-order valence-electron chi connectivity index (χ1n) is 12.0. The van der Waals surface area contributed by atoms with Crippen molar-refractivity contribution in [1.29, 1.82) is 0 Å². The van der Waals surface area contributed by atoms with Gasteiger partial charge in [-0.1, -0.05) is 98.6 Å². The molecule has 0 bridgehead atoms. The lowest BCUT2D eigenvalue weighted by Gasteiger charge is -2.35. The number of aryl methyl sites for hydroxylation is 2. The summed E-state index contributed by atoms with van der Waals surface area (Å²) in [7, 11) is 0. The van der Waals surface area contributed by atoms with E-state index in [0.717, 1.165) is 29.5 Å². The molecule has 0 radical (unpaired) electrons. The van der Waals surface area contributed by atoms with Gasteiger partial charge in [-0.05, 0) is 26.2 Å². The number of unbranched alkanes of at least 4 members (excludes halogenated alkanes) is 1. The van der Waals surface area contributed by atoms with E-state index in [-0.39, 0.29) is 11.7 Å². The first-order valence-corrected chi connectivity index (χ1v) is 12.9. The van der Waals surface area contributed by atoms with Gasteiger partial charge in [0.1, 0.15) is 5.71 Å². The number of amidine groups is 1. The van der Waals surface area contributed by atoms with Gasteiger partial charge >= 0.3 is 0 Å². The van der Waals surface area contributed by atoms with Crippen molar-refractivity contribution in [1.82, 2.24) is 10.7 Å². The molecule has 0 spiro atoms. The van der Waals surface area contributed by atoms with Crippen LogP contribution in [0.5, 0.6) is 0 Å². The molecule has 2 N–H and O–H groups in total.